The molecule has 0 saturated carbocycles. The van der Waals surface area contributed by atoms with Gasteiger partial charge in [0.05, 0.1) is 23.4 Å². The van der Waals surface area contributed by atoms with Crippen LogP contribution >= 0.6 is 11.6 Å². The highest BCUT2D eigenvalue weighted by Gasteiger charge is 2.28. The number of halogens is 1. The fraction of sp³-hybridized carbons (Fsp3) is 0.160. The highest BCUT2D eigenvalue weighted by molar-refractivity contribution is 7.92. The van der Waals surface area contributed by atoms with Gasteiger partial charge >= 0.3 is 0 Å². The Morgan fingerprint density at radius 1 is 0.974 bits per heavy atom. The van der Waals surface area contributed by atoms with Crippen LogP contribution in [0.25, 0.3) is 4.85 Å². The maximum absolute atomic E-state index is 13.6. The minimum Gasteiger partial charge on any atom is -0.350 e. The van der Waals surface area contributed by atoms with E-state index in [9.17, 15) is 26.4 Å². The molecular weight excluding hydrogens is 552 g/mol. The topological polar surface area (TPSA) is 134 Å². The van der Waals surface area contributed by atoms with Crippen molar-refractivity contribution in [1.82, 2.24) is 10.0 Å². The molecule has 0 aromatic heterocycles. The third kappa shape index (κ3) is 7.10. The second-order valence-corrected chi connectivity index (χ2v) is 12.2. The van der Waals surface area contributed by atoms with Crippen molar-refractivity contribution >= 4 is 54.8 Å². The molecule has 0 aliphatic rings. The SMILES string of the molecule is [C-]#[N+]c1ccc(S(=O)(=O)N(CC(=O)NCc2ccc(C(=O)NS(C)(=O)=O)cc2)c2cccc(Cl)c2C)cc1. The van der Waals surface area contributed by atoms with Gasteiger partial charge in [-0.1, -0.05) is 54.1 Å². The number of nitrogens with one attached hydrogen (secondary N) is 2. The zero-order chi connectivity index (χ0) is 28.1. The third-order valence-corrected chi connectivity index (χ3v) is 8.07. The van der Waals surface area contributed by atoms with Crippen molar-refractivity contribution in [1.29, 1.82) is 0 Å². The summed E-state index contributed by atoms with van der Waals surface area (Å²) in [6, 6.07) is 16.0. The van der Waals surface area contributed by atoms with Crippen LogP contribution in [0, 0.1) is 13.5 Å². The molecule has 0 bridgehead atoms. The lowest BCUT2D eigenvalue weighted by Gasteiger charge is -2.26. The Bertz CT molecular complexity index is 1620. The molecule has 0 unspecified atom stereocenters. The summed E-state index contributed by atoms with van der Waals surface area (Å²) in [5, 5.41) is 2.97. The molecule has 38 heavy (non-hydrogen) atoms. The van der Waals surface area contributed by atoms with E-state index in [1.807, 2.05) is 4.72 Å². The normalized spacial score (nSPS) is 11.3. The monoisotopic (exact) mass is 574 g/mol. The first-order valence-corrected chi connectivity index (χ1v) is 14.7. The van der Waals surface area contributed by atoms with E-state index in [0.717, 1.165) is 10.6 Å². The van der Waals surface area contributed by atoms with Gasteiger partial charge in [-0.05, 0) is 42.3 Å². The number of hydrogen-bond acceptors (Lipinski definition) is 6. The number of amides is 2. The molecule has 0 radical (unpaired) electrons. The Labute approximate surface area is 226 Å². The molecule has 0 spiro atoms. The third-order valence-electron chi connectivity index (χ3n) is 5.33. The van der Waals surface area contributed by atoms with Crippen molar-refractivity contribution in [2.24, 2.45) is 0 Å². The zero-order valence-electron chi connectivity index (χ0n) is 20.3. The lowest BCUT2D eigenvalue weighted by atomic mass is 10.1. The van der Waals surface area contributed by atoms with Gasteiger partial charge in [-0.2, -0.15) is 0 Å². The molecule has 0 fully saturated rings. The van der Waals surface area contributed by atoms with Gasteiger partial charge in [0, 0.05) is 17.1 Å². The number of carbonyl (C=O) groups excluding carboxylic acids is 2. The van der Waals surface area contributed by atoms with Crippen molar-refractivity contribution in [3.63, 3.8) is 0 Å². The predicted molar refractivity (Wildman–Crippen MR) is 144 cm³/mol. The number of benzene rings is 3. The first kappa shape index (κ1) is 28.6. The lowest BCUT2D eigenvalue weighted by Crippen LogP contribution is -2.41. The van der Waals surface area contributed by atoms with E-state index >= 15 is 0 Å². The second-order valence-electron chi connectivity index (χ2n) is 8.18. The average Bonchev–Trinajstić information content (AvgIpc) is 2.87. The Balaban J connectivity index is 1.81. The van der Waals surface area contributed by atoms with Gasteiger partial charge in [0.15, 0.2) is 5.69 Å². The van der Waals surface area contributed by atoms with Gasteiger partial charge in [-0.3, -0.25) is 13.9 Å². The van der Waals surface area contributed by atoms with Crippen LogP contribution in [0.3, 0.4) is 0 Å². The Kier molecular flexibility index (Phi) is 8.78. The molecule has 0 aliphatic heterocycles. The predicted octanol–water partition coefficient (Wildman–Crippen LogP) is 3.40. The maximum atomic E-state index is 13.6. The lowest BCUT2D eigenvalue weighted by molar-refractivity contribution is -0.119. The quantitative estimate of drug-likeness (QED) is 0.376. The fourth-order valence-electron chi connectivity index (χ4n) is 3.37. The molecular formula is C25H23ClN4O6S2. The average molecular weight is 575 g/mol. The molecule has 10 nitrogen and oxygen atoms in total. The van der Waals surface area contributed by atoms with E-state index in [1.54, 1.807) is 25.1 Å². The van der Waals surface area contributed by atoms with Crippen molar-refractivity contribution in [2.75, 3.05) is 17.1 Å². The molecule has 13 heteroatoms. The van der Waals surface area contributed by atoms with Crippen molar-refractivity contribution in [3.05, 3.63) is 99.9 Å². The van der Waals surface area contributed by atoms with E-state index in [2.05, 4.69) is 10.2 Å². The Morgan fingerprint density at radius 2 is 1.61 bits per heavy atom. The molecule has 2 N–H and O–H groups in total. The summed E-state index contributed by atoms with van der Waals surface area (Å²) in [5.74, 6) is -1.39. The van der Waals surface area contributed by atoms with Crippen molar-refractivity contribution < 1.29 is 26.4 Å². The summed E-state index contributed by atoms with van der Waals surface area (Å²) < 4.78 is 52.4. The van der Waals surface area contributed by atoms with Gasteiger partial charge in [-0.25, -0.2) is 26.4 Å². The fourth-order valence-corrected chi connectivity index (χ4v) is 5.48. The maximum Gasteiger partial charge on any atom is 0.264 e. The first-order valence-electron chi connectivity index (χ1n) is 10.9. The van der Waals surface area contributed by atoms with Crippen LogP contribution < -0.4 is 14.3 Å². The van der Waals surface area contributed by atoms with Gasteiger partial charge < -0.3 is 5.32 Å². The molecule has 0 heterocycles. The number of rotatable bonds is 9. The van der Waals surface area contributed by atoms with E-state index in [0.29, 0.717) is 16.1 Å². The Hall–Kier alpha value is -3.92. The van der Waals surface area contributed by atoms with Crippen LogP contribution in [-0.2, 0) is 31.4 Å². The van der Waals surface area contributed by atoms with Gasteiger partial charge in [0.2, 0.25) is 15.9 Å². The van der Waals surface area contributed by atoms with Crippen molar-refractivity contribution in [3.8, 4) is 0 Å². The van der Waals surface area contributed by atoms with Crippen molar-refractivity contribution in [2.45, 2.75) is 18.4 Å². The van der Waals surface area contributed by atoms with Crippen LogP contribution in [0.4, 0.5) is 11.4 Å². The first-order chi connectivity index (χ1) is 17.8. The molecule has 2 amide bonds. The summed E-state index contributed by atoms with van der Waals surface area (Å²) in [7, 11) is -7.92. The van der Waals surface area contributed by atoms with E-state index in [-0.39, 0.29) is 28.4 Å². The van der Waals surface area contributed by atoms with Crippen LogP contribution in [0.2, 0.25) is 5.02 Å². The van der Waals surface area contributed by atoms with Gasteiger partial charge in [-0.15, -0.1) is 0 Å². The molecule has 3 aromatic carbocycles. The van der Waals surface area contributed by atoms with Crippen LogP contribution in [0.5, 0.6) is 0 Å². The molecule has 0 atom stereocenters. The molecule has 3 rings (SSSR count). The number of anilines is 1. The number of sulfonamides is 2. The minimum atomic E-state index is -4.21. The van der Waals surface area contributed by atoms with Crippen LogP contribution in [-0.4, -0.2) is 41.5 Å². The van der Waals surface area contributed by atoms with E-state index in [4.69, 9.17) is 18.2 Å². The highest BCUT2D eigenvalue weighted by Crippen LogP contribution is 2.31. The van der Waals surface area contributed by atoms with Gasteiger partial charge in [0.1, 0.15) is 6.54 Å². The highest BCUT2D eigenvalue weighted by atomic mass is 35.5. The second kappa shape index (κ2) is 11.6. The molecule has 3 aromatic rings. The standard InChI is InChI=1S/C25H23ClN4O6S2/c1-17-22(26)5-4-6-23(17)30(38(35,36)21-13-11-20(27-2)12-14-21)16-24(31)28-15-18-7-9-19(10-8-18)25(32)29-37(3,33)34/h4-14H,15-16H2,1,3H3,(H,28,31)(H,29,32). The van der Waals surface area contributed by atoms with Gasteiger partial charge in [0.25, 0.3) is 15.9 Å². The van der Waals surface area contributed by atoms with Crippen LogP contribution in [0.15, 0.2) is 71.6 Å². The minimum absolute atomic E-state index is 0.0227. The number of nitrogens with zero attached hydrogens (tertiary/aromatic N) is 2. The van der Waals surface area contributed by atoms with E-state index < -0.39 is 38.4 Å². The van der Waals surface area contributed by atoms with E-state index in [1.165, 1.54) is 48.5 Å². The van der Waals surface area contributed by atoms with Crippen LogP contribution in [0.1, 0.15) is 21.5 Å². The molecule has 0 saturated heterocycles. The summed E-state index contributed by atoms with van der Waals surface area (Å²) in [6.45, 7) is 8.18. The summed E-state index contributed by atoms with van der Waals surface area (Å²) in [4.78, 5) is 28.0. The zero-order valence-corrected chi connectivity index (χ0v) is 22.7. The smallest absolute Gasteiger partial charge is 0.264 e. The summed E-state index contributed by atoms with van der Waals surface area (Å²) in [5.41, 5.74) is 1.67. The molecule has 198 valence electrons. The number of hydrogen-bond donors (Lipinski definition) is 2. The summed E-state index contributed by atoms with van der Waals surface area (Å²) >= 11 is 6.22. The summed E-state index contributed by atoms with van der Waals surface area (Å²) in [6.07, 6.45) is 0.867. The number of carbonyl (C=O) groups is 2. The largest absolute Gasteiger partial charge is 0.350 e. The molecule has 0 aliphatic carbocycles. The Morgan fingerprint density at radius 3 is 2.18 bits per heavy atom.